The van der Waals surface area contributed by atoms with E-state index in [1.807, 2.05) is 6.07 Å². The number of nitrogens with zero attached hydrogens (tertiary/aromatic N) is 5. The molecule has 0 saturated heterocycles. The van der Waals surface area contributed by atoms with Crippen LogP contribution in [-0.2, 0) is 22.7 Å². The molecule has 8 nitrogen and oxygen atoms in total. The maximum atomic E-state index is 12.1. The molecule has 0 saturated carbocycles. The second kappa shape index (κ2) is 9.17. The number of nitriles is 1. The maximum Gasteiger partial charge on any atom is 0.349 e. The van der Waals surface area contributed by atoms with Crippen LogP contribution in [0.5, 0.6) is 5.75 Å². The van der Waals surface area contributed by atoms with Crippen molar-refractivity contribution in [1.29, 1.82) is 5.26 Å². The van der Waals surface area contributed by atoms with Gasteiger partial charge in [0.15, 0.2) is 12.4 Å². The quantitative estimate of drug-likeness (QED) is 0.411. The second-order valence-corrected chi connectivity index (χ2v) is 5.19. The van der Waals surface area contributed by atoms with Gasteiger partial charge in [-0.05, 0) is 40.6 Å². The molecule has 25 heavy (non-hydrogen) atoms. The van der Waals surface area contributed by atoms with Crippen molar-refractivity contribution in [3.8, 4) is 11.8 Å². The summed E-state index contributed by atoms with van der Waals surface area (Å²) in [6, 6.07) is 8.83. The van der Waals surface area contributed by atoms with Gasteiger partial charge in [-0.2, -0.15) is 5.26 Å². The standard InChI is InChI=1S/C17H19N5O3/c1-3-4-9-22-16(19-20-21-22)12-25-17(23)14(11-18)10-13-5-7-15(24-2)8-6-13/h5-8,10H,3-4,9,12H2,1-2H3/b14-10+. The van der Waals surface area contributed by atoms with Crippen molar-refractivity contribution in [2.24, 2.45) is 0 Å². The zero-order chi connectivity index (χ0) is 18.1. The highest BCUT2D eigenvalue weighted by Gasteiger charge is 2.14. The third-order valence-electron chi connectivity index (χ3n) is 3.43. The van der Waals surface area contributed by atoms with Crippen LogP contribution in [0, 0.1) is 11.3 Å². The van der Waals surface area contributed by atoms with Crippen molar-refractivity contribution in [1.82, 2.24) is 20.2 Å². The van der Waals surface area contributed by atoms with Gasteiger partial charge in [-0.15, -0.1) is 5.10 Å². The summed E-state index contributed by atoms with van der Waals surface area (Å²) < 4.78 is 11.8. The van der Waals surface area contributed by atoms with Crippen molar-refractivity contribution < 1.29 is 14.3 Å². The molecule has 0 bridgehead atoms. The number of ether oxygens (including phenoxy) is 2. The third kappa shape index (κ3) is 5.14. The average molecular weight is 341 g/mol. The Morgan fingerprint density at radius 3 is 2.76 bits per heavy atom. The summed E-state index contributed by atoms with van der Waals surface area (Å²) in [6.45, 7) is 2.63. The molecule has 1 heterocycles. The van der Waals surface area contributed by atoms with Crippen molar-refractivity contribution in [2.45, 2.75) is 32.9 Å². The lowest BCUT2D eigenvalue weighted by atomic mass is 10.1. The first-order valence-electron chi connectivity index (χ1n) is 7.86. The molecule has 0 unspecified atom stereocenters. The lowest BCUT2D eigenvalue weighted by molar-refractivity contribution is -0.140. The fourth-order valence-electron chi connectivity index (χ4n) is 2.02. The number of benzene rings is 1. The van der Waals surface area contributed by atoms with Crippen LogP contribution in [0.25, 0.3) is 6.08 Å². The topological polar surface area (TPSA) is 103 Å². The Bertz CT molecular complexity index is 774. The SMILES string of the molecule is CCCCn1nnnc1COC(=O)/C(C#N)=C/c1ccc(OC)cc1. The van der Waals surface area contributed by atoms with Gasteiger partial charge in [-0.25, -0.2) is 9.48 Å². The Labute approximate surface area is 145 Å². The molecule has 0 atom stereocenters. The van der Waals surface area contributed by atoms with E-state index in [1.54, 1.807) is 36.1 Å². The van der Waals surface area contributed by atoms with Crippen molar-refractivity contribution in [2.75, 3.05) is 7.11 Å². The fraction of sp³-hybridized carbons (Fsp3) is 0.353. The van der Waals surface area contributed by atoms with E-state index in [9.17, 15) is 10.1 Å². The maximum absolute atomic E-state index is 12.1. The predicted molar refractivity (Wildman–Crippen MR) is 89.1 cm³/mol. The Hall–Kier alpha value is -3.21. The van der Waals surface area contributed by atoms with E-state index in [0.29, 0.717) is 23.7 Å². The predicted octanol–water partition coefficient (Wildman–Crippen LogP) is 2.13. The molecule has 1 aromatic heterocycles. The largest absolute Gasteiger partial charge is 0.497 e. The molecule has 0 aliphatic carbocycles. The van der Waals surface area contributed by atoms with Crippen LogP contribution >= 0.6 is 0 Å². The molecule has 0 spiro atoms. The summed E-state index contributed by atoms with van der Waals surface area (Å²) in [5.41, 5.74) is 0.597. The summed E-state index contributed by atoms with van der Waals surface area (Å²) >= 11 is 0. The van der Waals surface area contributed by atoms with Crippen molar-refractivity contribution in [3.05, 3.63) is 41.2 Å². The molecule has 2 aromatic rings. The van der Waals surface area contributed by atoms with E-state index < -0.39 is 5.97 Å². The normalized spacial score (nSPS) is 11.0. The summed E-state index contributed by atoms with van der Waals surface area (Å²) in [6.07, 6.45) is 3.39. The molecular formula is C17H19N5O3. The lowest BCUT2D eigenvalue weighted by Crippen LogP contribution is -2.12. The number of carbonyl (C=O) groups excluding carboxylic acids is 1. The van der Waals surface area contributed by atoms with E-state index in [4.69, 9.17) is 9.47 Å². The molecule has 0 radical (unpaired) electrons. The number of unbranched alkanes of at least 4 members (excludes halogenated alkanes) is 1. The molecule has 0 aliphatic rings. The van der Waals surface area contributed by atoms with Gasteiger partial charge in [-0.1, -0.05) is 25.5 Å². The zero-order valence-electron chi connectivity index (χ0n) is 14.2. The van der Waals surface area contributed by atoms with Gasteiger partial charge in [0.05, 0.1) is 7.11 Å². The Kier molecular flexibility index (Phi) is 6.65. The van der Waals surface area contributed by atoms with Crippen LogP contribution in [0.3, 0.4) is 0 Å². The third-order valence-corrected chi connectivity index (χ3v) is 3.43. The van der Waals surface area contributed by atoms with Gasteiger partial charge in [0.2, 0.25) is 0 Å². The van der Waals surface area contributed by atoms with Gasteiger partial charge < -0.3 is 9.47 Å². The van der Waals surface area contributed by atoms with E-state index in [-0.39, 0.29) is 12.2 Å². The minimum Gasteiger partial charge on any atom is -0.497 e. The highest BCUT2D eigenvalue weighted by molar-refractivity contribution is 5.97. The number of methoxy groups -OCH3 is 1. The number of aromatic nitrogens is 4. The number of tetrazole rings is 1. The monoisotopic (exact) mass is 341 g/mol. The summed E-state index contributed by atoms with van der Waals surface area (Å²) in [7, 11) is 1.57. The highest BCUT2D eigenvalue weighted by atomic mass is 16.5. The fourth-order valence-corrected chi connectivity index (χ4v) is 2.02. The first-order valence-corrected chi connectivity index (χ1v) is 7.86. The average Bonchev–Trinajstić information content (AvgIpc) is 3.10. The summed E-state index contributed by atoms with van der Waals surface area (Å²) in [4.78, 5) is 12.1. The van der Waals surface area contributed by atoms with Crippen molar-refractivity contribution in [3.63, 3.8) is 0 Å². The highest BCUT2D eigenvalue weighted by Crippen LogP contribution is 2.14. The number of rotatable bonds is 8. The molecular weight excluding hydrogens is 322 g/mol. The number of aryl methyl sites for hydroxylation is 1. The van der Waals surface area contributed by atoms with E-state index in [0.717, 1.165) is 12.8 Å². The van der Waals surface area contributed by atoms with Crippen LogP contribution in [0.4, 0.5) is 0 Å². The lowest BCUT2D eigenvalue weighted by Gasteiger charge is -2.05. The zero-order valence-corrected chi connectivity index (χ0v) is 14.2. The Morgan fingerprint density at radius 2 is 2.12 bits per heavy atom. The number of esters is 1. The van der Waals surface area contributed by atoms with Crippen molar-refractivity contribution >= 4 is 12.0 Å². The van der Waals surface area contributed by atoms with Gasteiger partial charge in [0, 0.05) is 6.54 Å². The molecule has 0 amide bonds. The molecule has 130 valence electrons. The molecule has 0 fully saturated rings. The van der Waals surface area contributed by atoms with Gasteiger partial charge in [0.1, 0.15) is 17.4 Å². The van der Waals surface area contributed by atoms with Crippen LogP contribution in [0.2, 0.25) is 0 Å². The van der Waals surface area contributed by atoms with Crippen LogP contribution in [0.1, 0.15) is 31.2 Å². The van der Waals surface area contributed by atoms with E-state index in [1.165, 1.54) is 6.08 Å². The number of hydrogen-bond acceptors (Lipinski definition) is 7. The molecule has 8 heteroatoms. The Morgan fingerprint density at radius 1 is 1.36 bits per heavy atom. The van der Waals surface area contributed by atoms with E-state index in [2.05, 4.69) is 22.4 Å². The molecule has 0 N–H and O–H groups in total. The molecule has 0 aliphatic heterocycles. The van der Waals surface area contributed by atoms with Crippen LogP contribution in [0.15, 0.2) is 29.8 Å². The number of carbonyl (C=O) groups is 1. The minimum atomic E-state index is -0.719. The summed E-state index contributed by atoms with van der Waals surface area (Å²) in [5, 5.41) is 20.5. The first-order chi connectivity index (χ1) is 12.2. The first kappa shape index (κ1) is 18.1. The van der Waals surface area contributed by atoms with Gasteiger partial charge >= 0.3 is 5.97 Å². The molecule has 2 rings (SSSR count). The van der Waals surface area contributed by atoms with Gasteiger partial charge in [-0.3, -0.25) is 0 Å². The number of hydrogen-bond donors (Lipinski definition) is 0. The van der Waals surface area contributed by atoms with Crippen LogP contribution in [-0.4, -0.2) is 33.3 Å². The summed E-state index contributed by atoms with van der Waals surface area (Å²) in [5.74, 6) is 0.420. The van der Waals surface area contributed by atoms with Crippen LogP contribution < -0.4 is 4.74 Å². The smallest absolute Gasteiger partial charge is 0.349 e. The second-order valence-electron chi connectivity index (χ2n) is 5.19. The minimum absolute atomic E-state index is 0.0861. The van der Waals surface area contributed by atoms with E-state index >= 15 is 0 Å². The van der Waals surface area contributed by atoms with Gasteiger partial charge in [0.25, 0.3) is 0 Å². The molecule has 1 aromatic carbocycles. The Balaban J connectivity index is 2.01.